The first-order valence-electron chi connectivity index (χ1n) is 37.0. The van der Waals surface area contributed by atoms with Crippen molar-refractivity contribution in [3.05, 3.63) is 36.5 Å². The van der Waals surface area contributed by atoms with Crippen molar-refractivity contribution in [3.63, 3.8) is 0 Å². The molecule has 0 aromatic carbocycles. The van der Waals surface area contributed by atoms with E-state index in [2.05, 4.69) is 57.2 Å². The highest BCUT2D eigenvalue weighted by molar-refractivity contribution is 5.71. The summed E-state index contributed by atoms with van der Waals surface area (Å²) in [5.41, 5.74) is 0. The van der Waals surface area contributed by atoms with Gasteiger partial charge in [0.2, 0.25) is 0 Å². The Hall–Kier alpha value is -2.37. The van der Waals surface area contributed by atoms with Crippen molar-refractivity contribution >= 4 is 17.9 Å². The van der Waals surface area contributed by atoms with Gasteiger partial charge in [0.1, 0.15) is 13.2 Å². The number of unbranched alkanes of at least 4 members (excludes halogenated alkanes) is 52. The van der Waals surface area contributed by atoms with Gasteiger partial charge in [0.15, 0.2) is 6.10 Å². The fourth-order valence-corrected chi connectivity index (χ4v) is 11.3. The molecule has 0 bridgehead atoms. The number of esters is 3. The highest BCUT2D eigenvalue weighted by Gasteiger charge is 2.19. The van der Waals surface area contributed by atoms with Gasteiger partial charge >= 0.3 is 17.9 Å². The zero-order valence-electron chi connectivity index (χ0n) is 55.5. The van der Waals surface area contributed by atoms with E-state index in [1.807, 2.05) is 0 Å². The van der Waals surface area contributed by atoms with Crippen LogP contribution < -0.4 is 0 Å². The number of carbonyl (C=O) groups excluding carboxylic acids is 3. The molecule has 482 valence electrons. The highest BCUT2D eigenvalue weighted by atomic mass is 16.6. The van der Waals surface area contributed by atoms with E-state index in [4.69, 9.17) is 14.2 Å². The van der Waals surface area contributed by atoms with Crippen molar-refractivity contribution in [3.8, 4) is 0 Å². The van der Waals surface area contributed by atoms with E-state index in [1.165, 1.54) is 295 Å². The van der Waals surface area contributed by atoms with Crippen molar-refractivity contribution in [1.29, 1.82) is 0 Å². The normalized spacial score (nSPS) is 12.2. The maximum atomic E-state index is 12.9. The molecule has 0 saturated carbocycles. The molecule has 0 spiro atoms. The maximum Gasteiger partial charge on any atom is 0.306 e. The second-order valence-corrected chi connectivity index (χ2v) is 25.2. The van der Waals surface area contributed by atoms with Crippen LogP contribution in [0.15, 0.2) is 36.5 Å². The Morgan fingerprint density at radius 2 is 0.439 bits per heavy atom. The molecule has 0 amide bonds. The van der Waals surface area contributed by atoms with Gasteiger partial charge in [-0.25, -0.2) is 0 Å². The van der Waals surface area contributed by atoms with Crippen molar-refractivity contribution < 1.29 is 28.6 Å². The fraction of sp³-hybridized carbons (Fsp3) is 0.882. The number of ether oxygens (including phenoxy) is 3. The van der Waals surface area contributed by atoms with E-state index in [9.17, 15) is 14.4 Å². The maximum absolute atomic E-state index is 12.9. The summed E-state index contributed by atoms with van der Waals surface area (Å²) in [6, 6.07) is 0. The largest absolute Gasteiger partial charge is 0.462 e. The molecule has 0 aliphatic carbocycles. The first-order valence-corrected chi connectivity index (χ1v) is 37.0. The Bertz CT molecular complexity index is 1370. The first-order chi connectivity index (χ1) is 40.5. The Kier molecular flexibility index (Phi) is 69.1. The monoisotopic (exact) mass is 1150 g/mol. The summed E-state index contributed by atoms with van der Waals surface area (Å²) in [4.78, 5) is 38.4. The molecule has 0 aliphatic heterocycles. The number of hydrogen-bond acceptors (Lipinski definition) is 6. The van der Waals surface area contributed by atoms with Gasteiger partial charge in [-0.05, 0) is 57.8 Å². The fourth-order valence-electron chi connectivity index (χ4n) is 11.3. The SMILES string of the molecule is CCCCCCC/C=C\C/C=C\C/C=C\CCCCCCCCC(=O)OC(COC(=O)CCCCCCCCCCCCCC)COC(=O)CCCCCCCCCCCCCCCCCCCCCCCCCCCCCCCCC. The summed E-state index contributed by atoms with van der Waals surface area (Å²) >= 11 is 0. The molecule has 6 nitrogen and oxygen atoms in total. The zero-order chi connectivity index (χ0) is 59.2. The molecule has 0 fully saturated rings. The third kappa shape index (κ3) is 68.4. The number of allylic oxidation sites excluding steroid dienone is 6. The Labute approximate surface area is 512 Å². The molecular formula is C76H142O6. The predicted octanol–water partition coefficient (Wildman–Crippen LogP) is 25.5. The second kappa shape index (κ2) is 71.1. The van der Waals surface area contributed by atoms with Gasteiger partial charge < -0.3 is 14.2 Å². The number of rotatable bonds is 69. The summed E-state index contributed by atoms with van der Waals surface area (Å²) in [5, 5.41) is 0. The Morgan fingerprint density at radius 3 is 0.683 bits per heavy atom. The molecular weight excluding hydrogens is 1010 g/mol. The topological polar surface area (TPSA) is 78.9 Å². The molecule has 6 heteroatoms. The summed E-state index contributed by atoms with van der Waals surface area (Å²) in [6.07, 6.45) is 89.1. The van der Waals surface area contributed by atoms with Crippen LogP contribution in [0.4, 0.5) is 0 Å². The Balaban J connectivity index is 4.15. The smallest absolute Gasteiger partial charge is 0.306 e. The molecule has 1 atom stereocenters. The zero-order valence-corrected chi connectivity index (χ0v) is 55.5. The van der Waals surface area contributed by atoms with Gasteiger partial charge in [-0.2, -0.15) is 0 Å². The molecule has 0 aromatic rings. The third-order valence-electron chi connectivity index (χ3n) is 16.9. The average Bonchev–Trinajstić information content (AvgIpc) is 3.47. The van der Waals surface area contributed by atoms with Crippen LogP contribution in [0, 0.1) is 0 Å². The van der Waals surface area contributed by atoms with Gasteiger partial charge in [-0.3, -0.25) is 14.4 Å². The van der Waals surface area contributed by atoms with Gasteiger partial charge in [0.05, 0.1) is 0 Å². The molecule has 0 N–H and O–H groups in total. The van der Waals surface area contributed by atoms with Gasteiger partial charge in [0.25, 0.3) is 0 Å². The van der Waals surface area contributed by atoms with Crippen molar-refractivity contribution in [1.82, 2.24) is 0 Å². The third-order valence-corrected chi connectivity index (χ3v) is 16.9. The minimum Gasteiger partial charge on any atom is -0.462 e. The van der Waals surface area contributed by atoms with E-state index >= 15 is 0 Å². The van der Waals surface area contributed by atoms with Crippen LogP contribution in [0.1, 0.15) is 412 Å². The van der Waals surface area contributed by atoms with Gasteiger partial charge in [0, 0.05) is 19.3 Å². The van der Waals surface area contributed by atoms with Crippen molar-refractivity contribution in [2.24, 2.45) is 0 Å². The van der Waals surface area contributed by atoms with Crippen LogP contribution in [0.3, 0.4) is 0 Å². The van der Waals surface area contributed by atoms with Crippen LogP contribution in [0.5, 0.6) is 0 Å². The highest BCUT2D eigenvalue weighted by Crippen LogP contribution is 2.19. The van der Waals surface area contributed by atoms with Crippen molar-refractivity contribution in [2.45, 2.75) is 419 Å². The van der Waals surface area contributed by atoms with E-state index < -0.39 is 6.10 Å². The predicted molar refractivity (Wildman–Crippen MR) is 358 cm³/mol. The lowest BCUT2D eigenvalue weighted by atomic mass is 10.0. The standard InChI is InChI=1S/C76H142O6/c1-4-7-10-13-16-19-22-25-27-29-31-33-34-35-36-37-38-39-40-41-42-44-45-47-49-51-54-57-60-63-66-69-75(78)81-72-73(71-80-74(77)68-65-62-59-56-53-24-21-18-15-12-9-6-3)82-76(79)70-67-64-61-58-55-52-50-48-46-43-32-30-28-26-23-20-17-14-11-8-5-2/h23,26,30,32,46,48,73H,4-22,24-25,27-29,31,33-45,47,49-72H2,1-3H3/b26-23-,32-30-,48-46-. The lowest BCUT2D eigenvalue weighted by Crippen LogP contribution is -2.30. The van der Waals surface area contributed by atoms with Crippen LogP contribution >= 0.6 is 0 Å². The van der Waals surface area contributed by atoms with Gasteiger partial charge in [-0.1, -0.05) is 372 Å². The minimum atomic E-state index is -0.777. The molecule has 1 unspecified atom stereocenters. The number of carbonyl (C=O) groups is 3. The summed E-state index contributed by atoms with van der Waals surface area (Å²) in [6.45, 7) is 6.69. The number of hydrogen-bond donors (Lipinski definition) is 0. The average molecular weight is 1150 g/mol. The molecule has 0 aliphatic rings. The molecule has 0 saturated heterocycles. The first kappa shape index (κ1) is 79.6. The minimum absolute atomic E-state index is 0.0720. The lowest BCUT2D eigenvalue weighted by molar-refractivity contribution is -0.167. The molecule has 0 radical (unpaired) electrons. The summed E-state index contributed by atoms with van der Waals surface area (Å²) < 4.78 is 17.0. The second-order valence-electron chi connectivity index (χ2n) is 25.2. The lowest BCUT2D eigenvalue weighted by Gasteiger charge is -2.18. The van der Waals surface area contributed by atoms with Crippen LogP contribution in [-0.4, -0.2) is 37.2 Å². The molecule has 0 rings (SSSR count). The van der Waals surface area contributed by atoms with Gasteiger partial charge in [-0.15, -0.1) is 0 Å². The Morgan fingerprint density at radius 1 is 0.244 bits per heavy atom. The summed E-state index contributed by atoms with van der Waals surface area (Å²) in [5.74, 6) is -0.856. The molecule has 0 aromatic heterocycles. The van der Waals surface area contributed by atoms with E-state index in [0.717, 1.165) is 77.0 Å². The quantitative estimate of drug-likeness (QED) is 0.0261. The van der Waals surface area contributed by atoms with Crippen molar-refractivity contribution in [2.75, 3.05) is 13.2 Å². The van der Waals surface area contributed by atoms with E-state index in [-0.39, 0.29) is 31.1 Å². The summed E-state index contributed by atoms with van der Waals surface area (Å²) in [7, 11) is 0. The van der Waals surface area contributed by atoms with E-state index in [0.29, 0.717) is 19.3 Å². The van der Waals surface area contributed by atoms with Crippen LogP contribution in [0.25, 0.3) is 0 Å². The van der Waals surface area contributed by atoms with Crippen LogP contribution in [-0.2, 0) is 28.6 Å². The molecule has 82 heavy (non-hydrogen) atoms. The molecule has 0 heterocycles. The van der Waals surface area contributed by atoms with Crippen LogP contribution in [0.2, 0.25) is 0 Å². The van der Waals surface area contributed by atoms with E-state index in [1.54, 1.807) is 0 Å².